The van der Waals surface area contributed by atoms with Crippen LogP contribution in [-0.2, 0) is 28.6 Å². The van der Waals surface area contributed by atoms with Crippen molar-refractivity contribution in [3.05, 3.63) is 0 Å². The van der Waals surface area contributed by atoms with Crippen molar-refractivity contribution in [3.8, 4) is 0 Å². The van der Waals surface area contributed by atoms with Crippen LogP contribution in [0, 0.1) is 17.3 Å². The van der Waals surface area contributed by atoms with Crippen molar-refractivity contribution in [2.45, 2.75) is 56.9 Å². The van der Waals surface area contributed by atoms with Gasteiger partial charge in [0.2, 0.25) is 0 Å². The van der Waals surface area contributed by atoms with Crippen LogP contribution in [-0.4, -0.2) is 48.6 Å². The number of fused-ring (bicyclic) bond motifs is 1. The molecule has 3 rings (SSSR count). The lowest BCUT2D eigenvalue weighted by molar-refractivity contribution is -0.315. The van der Waals surface area contributed by atoms with Gasteiger partial charge >= 0.3 is 30.3 Å². The summed E-state index contributed by atoms with van der Waals surface area (Å²) in [6, 6.07) is 0. The van der Waals surface area contributed by atoms with E-state index >= 15 is 0 Å². The van der Waals surface area contributed by atoms with E-state index in [1.54, 1.807) is 0 Å². The topological polar surface area (TPSA) is 78.9 Å². The Morgan fingerprint density at radius 3 is 2.33 bits per heavy atom. The highest BCUT2D eigenvalue weighted by Gasteiger charge is 2.76. The van der Waals surface area contributed by atoms with E-state index < -0.39 is 72.2 Å². The van der Waals surface area contributed by atoms with E-state index in [-0.39, 0.29) is 12.8 Å². The third-order valence-electron chi connectivity index (χ3n) is 5.31. The van der Waals surface area contributed by atoms with Crippen LogP contribution in [0.15, 0.2) is 0 Å². The van der Waals surface area contributed by atoms with Gasteiger partial charge in [-0.15, -0.1) is 0 Å². The normalized spacial score (nSPS) is 34.7. The highest BCUT2D eigenvalue weighted by molar-refractivity contribution is 6.03. The number of hydrogen-bond acceptors (Lipinski definition) is 6. The van der Waals surface area contributed by atoms with Crippen molar-refractivity contribution in [3.63, 3.8) is 0 Å². The molecule has 1 aliphatic heterocycles. The van der Waals surface area contributed by atoms with Crippen LogP contribution in [0.3, 0.4) is 0 Å². The average molecular weight is 404 g/mol. The monoisotopic (exact) mass is 404 g/mol. The fraction of sp³-hybridized carbons (Fsp3) is 0.800. The zero-order valence-electron chi connectivity index (χ0n) is 13.7. The number of alkyl halides is 6. The molecule has 0 spiro atoms. The number of hydrogen-bond donors (Lipinski definition) is 0. The Morgan fingerprint density at radius 2 is 1.81 bits per heavy atom. The van der Waals surface area contributed by atoms with Crippen LogP contribution >= 0.6 is 0 Å². The van der Waals surface area contributed by atoms with Crippen LogP contribution < -0.4 is 0 Å². The predicted molar refractivity (Wildman–Crippen MR) is 70.7 cm³/mol. The van der Waals surface area contributed by atoms with E-state index in [9.17, 15) is 40.7 Å². The molecule has 0 N–H and O–H groups in total. The maximum absolute atomic E-state index is 12.7. The van der Waals surface area contributed by atoms with E-state index in [0.717, 1.165) is 0 Å². The van der Waals surface area contributed by atoms with Gasteiger partial charge in [0.15, 0.2) is 5.41 Å². The number of esters is 3. The van der Waals surface area contributed by atoms with Gasteiger partial charge in [-0.3, -0.25) is 14.4 Å². The standard InChI is InChI=1S/C15H14F6O6/c1-2-7(22)25-8-5-3-6-9(8)26-11(23)13(6,4-5)12(24)27-10(14(16,17)18)15(19,20)21/h5-6,8-10H,2-4H2,1H3. The Balaban J connectivity index is 1.83. The molecule has 0 radical (unpaired) electrons. The largest absolute Gasteiger partial charge is 0.458 e. The second kappa shape index (κ2) is 5.99. The molecular formula is C15H14F6O6. The number of carbonyl (C=O) groups excluding carboxylic acids is 3. The molecule has 0 aromatic rings. The zero-order chi connectivity index (χ0) is 20.4. The third-order valence-corrected chi connectivity index (χ3v) is 5.31. The summed E-state index contributed by atoms with van der Waals surface area (Å²) in [5, 5.41) is 0. The first-order chi connectivity index (χ1) is 12.3. The zero-order valence-corrected chi connectivity index (χ0v) is 13.7. The van der Waals surface area contributed by atoms with Crippen molar-refractivity contribution in [1.29, 1.82) is 0 Å². The van der Waals surface area contributed by atoms with Gasteiger partial charge in [0.05, 0.1) is 0 Å². The van der Waals surface area contributed by atoms with Gasteiger partial charge in [-0.2, -0.15) is 26.3 Å². The van der Waals surface area contributed by atoms with Crippen molar-refractivity contribution in [1.82, 2.24) is 0 Å². The number of halogens is 6. The summed E-state index contributed by atoms with van der Waals surface area (Å²) in [7, 11) is 0. The molecule has 1 heterocycles. The van der Waals surface area contributed by atoms with E-state index in [4.69, 9.17) is 9.47 Å². The number of rotatable bonds is 4. The maximum atomic E-state index is 12.7. The van der Waals surface area contributed by atoms with Gasteiger partial charge in [0.1, 0.15) is 12.2 Å². The van der Waals surface area contributed by atoms with Crippen LogP contribution in [0.4, 0.5) is 26.3 Å². The summed E-state index contributed by atoms with van der Waals surface area (Å²) in [4.78, 5) is 36.0. The van der Waals surface area contributed by atoms with E-state index in [1.807, 2.05) is 0 Å². The molecule has 27 heavy (non-hydrogen) atoms. The van der Waals surface area contributed by atoms with Crippen LogP contribution in [0.5, 0.6) is 0 Å². The SMILES string of the molecule is CCC(=O)OC1C2CC3C1OC(=O)C3(C(=O)OC(C(F)(F)F)C(F)(F)F)C2. The van der Waals surface area contributed by atoms with Gasteiger partial charge in [0.25, 0.3) is 6.10 Å². The molecule has 2 bridgehead atoms. The summed E-state index contributed by atoms with van der Waals surface area (Å²) in [6.45, 7) is 1.52. The lowest BCUT2D eigenvalue weighted by atomic mass is 9.73. The summed E-state index contributed by atoms with van der Waals surface area (Å²) in [5.74, 6) is -5.35. The fourth-order valence-corrected chi connectivity index (χ4v) is 4.20. The maximum Gasteiger partial charge on any atom is 0.434 e. The molecule has 0 aromatic heterocycles. The first kappa shape index (κ1) is 19.7. The Bertz CT molecular complexity index is 659. The highest BCUT2D eigenvalue weighted by Crippen LogP contribution is 2.63. The van der Waals surface area contributed by atoms with Crippen molar-refractivity contribution in [2.75, 3.05) is 0 Å². The van der Waals surface area contributed by atoms with Gasteiger partial charge in [-0.1, -0.05) is 6.92 Å². The van der Waals surface area contributed by atoms with Gasteiger partial charge in [-0.25, -0.2) is 0 Å². The smallest absolute Gasteiger partial charge is 0.434 e. The lowest BCUT2D eigenvalue weighted by Crippen LogP contribution is -2.51. The third kappa shape index (κ3) is 2.92. The summed E-state index contributed by atoms with van der Waals surface area (Å²) in [5.41, 5.74) is -2.24. The molecule has 2 saturated carbocycles. The molecule has 0 aromatic carbocycles. The van der Waals surface area contributed by atoms with Crippen LogP contribution in [0.25, 0.3) is 0 Å². The second-order valence-electron chi connectivity index (χ2n) is 6.82. The molecule has 2 aliphatic carbocycles. The van der Waals surface area contributed by atoms with Crippen LogP contribution in [0.1, 0.15) is 26.2 Å². The molecule has 5 atom stereocenters. The summed E-state index contributed by atoms with van der Waals surface area (Å²) in [6.07, 6.45) is -18.4. The minimum Gasteiger partial charge on any atom is -0.458 e. The fourth-order valence-electron chi connectivity index (χ4n) is 4.20. The Labute approximate surface area is 148 Å². The highest BCUT2D eigenvalue weighted by atomic mass is 19.4. The molecule has 6 nitrogen and oxygen atoms in total. The summed E-state index contributed by atoms with van der Waals surface area (Å²) >= 11 is 0. The second-order valence-corrected chi connectivity index (χ2v) is 6.82. The Hall–Kier alpha value is -2.01. The number of carbonyl (C=O) groups is 3. The molecular weight excluding hydrogens is 390 g/mol. The minimum atomic E-state index is -5.89. The van der Waals surface area contributed by atoms with E-state index in [2.05, 4.69) is 4.74 Å². The van der Waals surface area contributed by atoms with Gasteiger partial charge < -0.3 is 14.2 Å². The average Bonchev–Trinajstić information content (AvgIpc) is 3.12. The molecule has 5 unspecified atom stereocenters. The lowest BCUT2D eigenvalue weighted by Gasteiger charge is -2.32. The van der Waals surface area contributed by atoms with E-state index in [1.165, 1.54) is 6.92 Å². The van der Waals surface area contributed by atoms with Crippen molar-refractivity contribution >= 4 is 17.9 Å². The Kier molecular flexibility index (Phi) is 4.38. The first-order valence-electron chi connectivity index (χ1n) is 8.07. The molecule has 3 aliphatic rings. The molecule has 1 saturated heterocycles. The molecule has 12 heteroatoms. The molecule has 152 valence electrons. The van der Waals surface area contributed by atoms with Gasteiger partial charge in [-0.05, 0) is 12.8 Å². The van der Waals surface area contributed by atoms with Crippen molar-refractivity contribution < 1.29 is 54.9 Å². The summed E-state index contributed by atoms with van der Waals surface area (Å²) < 4.78 is 89.9. The molecule has 0 amide bonds. The first-order valence-corrected chi connectivity index (χ1v) is 8.07. The van der Waals surface area contributed by atoms with Crippen molar-refractivity contribution in [2.24, 2.45) is 17.3 Å². The predicted octanol–water partition coefficient (Wildman–Crippen LogP) is 2.30. The quantitative estimate of drug-likeness (QED) is 0.310. The van der Waals surface area contributed by atoms with E-state index in [0.29, 0.717) is 0 Å². The van der Waals surface area contributed by atoms with Crippen LogP contribution in [0.2, 0.25) is 0 Å². The minimum absolute atomic E-state index is 0.0284. The number of ether oxygens (including phenoxy) is 3. The molecule has 3 fully saturated rings. The Morgan fingerprint density at radius 1 is 1.22 bits per heavy atom. The van der Waals surface area contributed by atoms with Gasteiger partial charge in [0, 0.05) is 18.3 Å².